The first kappa shape index (κ1) is 7.56. The molecule has 3 heteroatoms. The van der Waals surface area contributed by atoms with Crippen molar-refractivity contribution < 1.29 is 9.53 Å². The fourth-order valence-corrected chi connectivity index (χ4v) is 2.80. The van der Waals surface area contributed by atoms with Crippen LogP contribution >= 0.6 is 11.6 Å². The van der Waals surface area contributed by atoms with Gasteiger partial charge in [-0.25, -0.2) is 0 Å². The Morgan fingerprint density at radius 1 is 1.55 bits per heavy atom. The first-order valence-electron chi connectivity index (χ1n) is 3.96. The number of alkyl halides is 1. The monoisotopic (exact) mass is 174 g/mol. The lowest BCUT2D eigenvalue weighted by molar-refractivity contribution is -0.122. The predicted octanol–water partition coefficient (Wildman–Crippen LogP) is 1.22. The molecule has 2 rings (SSSR count). The average molecular weight is 175 g/mol. The molecule has 0 aromatic heterocycles. The molecule has 2 fully saturated rings. The molecule has 0 amide bonds. The van der Waals surface area contributed by atoms with Crippen LogP contribution in [0.4, 0.5) is 0 Å². The number of Topliss-reactive ketones (excluding diaryl/α,β-unsaturated/α-hetero) is 1. The van der Waals surface area contributed by atoms with Crippen molar-refractivity contribution in [1.82, 2.24) is 0 Å². The Morgan fingerprint density at radius 3 is 2.64 bits per heavy atom. The molecule has 2 nitrogen and oxygen atoms in total. The molecule has 0 saturated heterocycles. The Labute approximate surface area is 70.9 Å². The van der Waals surface area contributed by atoms with Gasteiger partial charge in [-0.15, -0.1) is 11.6 Å². The van der Waals surface area contributed by atoms with Crippen LogP contribution in [0.25, 0.3) is 0 Å². The summed E-state index contributed by atoms with van der Waals surface area (Å²) in [4.78, 5) is 11.3. The second-order valence-corrected chi connectivity index (χ2v) is 3.82. The van der Waals surface area contributed by atoms with Gasteiger partial charge in [-0.3, -0.25) is 4.79 Å². The summed E-state index contributed by atoms with van der Waals surface area (Å²) >= 11 is 5.90. The molecular weight excluding hydrogens is 164 g/mol. The van der Waals surface area contributed by atoms with E-state index in [1.54, 1.807) is 7.11 Å². The second kappa shape index (κ2) is 2.46. The topological polar surface area (TPSA) is 26.3 Å². The lowest BCUT2D eigenvalue weighted by Gasteiger charge is -2.13. The summed E-state index contributed by atoms with van der Waals surface area (Å²) < 4.78 is 5.23. The highest BCUT2D eigenvalue weighted by molar-refractivity contribution is 6.32. The molecule has 0 radical (unpaired) electrons. The first-order chi connectivity index (χ1) is 5.25. The molecule has 2 saturated carbocycles. The summed E-state index contributed by atoms with van der Waals surface area (Å²) in [6.07, 6.45) is 2.15. The van der Waals surface area contributed by atoms with Crippen molar-refractivity contribution in [3.8, 4) is 0 Å². The number of carbonyl (C=O) groups excluding carboxylic acids is 1. The van der Waals surface area contributed by atoms with Gasteiger partial charge in [0.05, 0.1) is 11.5 Å². The Morgan fingerprint density at radius 2 is 2.27 bits per heavy atom. The van der Waals surface area contributed by atoms with Gasteiger partial charge in [-0.2, -0.15) is 0 Å². The van der Waals surface area contributed by atoms with Crippen LogP contribution in [0.2, 0.25) is 0 Å². The van der Waals surface area contributed by atoms with Crippen LogP contribution in [0.5, 0.6) is 0 Å². The maximum atomic E-state index is 11.3. The molecular formula is C8H11ClO2. The van der Waals surface area contributed by atoms with Crippen molar-refractivity contribution in [1.29, 1.82) is 0 Å². The van der Waals surface area contributed by atoms with Gasteiger partial charge < -0.3 is 4.74 Å². The molecule has 0 aliphatic heterocycles. The Kier molecular flexibility index (Phi) is 1.69. The highest BCUT2D eigenvalue weighted by Gasteiger charge is 2.53. The van der Waals surface area contributed by atoms with Crippen LogP contribution in [0.15, 0.2) is 0 Å². The van der Waals surface area contributed by atoms with Crippen molar-refractivity contribution >= 4 is 17.4 Å². The number of hydrogen-bond acceptors (Lipinski definition) is 2. The van der Waals surface area contributed by atoms with Crippen LogP contribution in [0.3, 0.4) is 0 Å². The van der Waals surface area contributed by atoms with E-state index in [1.165, 1.54) is 0 Å². The summed E-state index contributed by atoms with van der Waals surface area (Å²) in [6.45, 7) is 0. The molecule has 62 valence electrons. The maximum absolute atomic E-state index is 11.3. The minimum atomic E-state index is -0.265. The zero-order valence-corrected chi connectivity index (χ0v) is 7.17. The third kappa shape index (κ3) is 0.859. The van der Waals surface area contributed by atoms with Gasteiger partial charge in [0.2, 0.25) is 0 Å². The van der Waals surface area contributed by atoms with Crippen molar-refractivity contribution in [2.45, 2.75) is 24.3 Å². The maximum Gasteiger partial charge on any atom is 0.156 e. The van der Waals surface area contributed by atoms with Crippen LogP contribution in [0.1, 0.15) is 12.8 Å². The van der Waals surface area contributed by atoms with E-state index < -0.39 is 0 Å². The normalized spacial score (nSPS) is 48.7. The average Bonchev–Trinajstić information content (AvgIpc) is 2.50. The largest absolute Gasteiger partial charge is 0.380 e. The molecule has 11 heavy (non-hydrogen) atoms. The number of ketones is 1. The summed E-state index contributed by atoms with van der Waals surface area (Å²) in [6, 6.07) is 0. The smallest absolute Gasteiger partial charge is 0.156 e. The van der Waals surface area contributed by atoms with Crippen molar-refractivity contribution in [3.05, 3.63) is 0 Å². The molecule has 0 heterocycles. The number of hydrogen-bond donors (Lipinski definition) is 0. The standard InChI is InChI=1S/C8H11ClO2/c1-11-8-4-2-3-5(8)7(10)6(4)9/h4-6,8H,2-3H2,1H3/t4-,5+,6+,8-/m0/s1. The van der Waals surface area contributed by atoms with Gasteiger partial charge in [0.25, 0.3) is 0 Å². The Balaban J connectivity index is 2.24. The van der Waals surface area contributed by atoms with E-state index in [0.717, 1.165) is 12.8 Å². The fourth-order valence-electron chi connectivity index (χ4n) is 2.37. The zero-order valence-electron chi connectivity index (χ0n) is 6.42. The van der Waals surface area contributed by atoms with E-state index in [9.17, 15) is 4.79 Å². The summed E-state index contributed by atoms with van der Waals surface area (Å²) in [5, 5.41) is -0.265. The van der Waals surface area contributed by atoms with Crippen LogP contribution in [-0.2, 0) is 9.53 Å². The number of fused-ring (bicyclic) bond motifs is 2. The van der Waals surface area contributed by atoms with Gasteiger partial charge in [0.1, 0.15) is 0 Å². The highest BCUT2D eigenvalue weighted by atomic mass is 35.5. The zero-order chi connectivity index (χ0) is 8.01. The fraction of sp³-hybridized carbons (Fsp3) is 0.875. The number of rotatable bonds is 1. The Hall–Kier alpha value is -0.0800. The van der Waals surface area contributed by atoms with Gasteiger partial charge >= 0.3 is 0 Å². The van der Waals surface area contributed by atoms with Crippen molar-refractivity contribution in [2.75, 3.05) is 7.11 Å². The second-order valence-electron chi connectivity index (χ2n) is 3.35. The number of halogens is 1. The van der Waals surface area contributed by atoms with Crippen molar-refractivity contribution in [2.24, 2.45) is 11.8 Å². The van der Waals surface area contributed by atoms with Gasteiger partial charge in [-0.1, -0.05) is 0 Å². The summed E-state index contributed by atoms with van der Waals surface area (Å²) in [7, 11) is 1.66. The molecule has 2 aliphatic rings. The van der Waals surface area contributed by atoms with Gasteiger partial charge in [0.15, 0.2) is 5.78 Å². The van der Waals surface area contributed by atoms with Gasteiger partial charge in [0, 0.05) is 18.9 Å². The third-order valence-corrected chi connectivity index (χ3v) is 3.45. The highest BCUT2D eigenvalue weighted by Crippen LogP contribution is 2.46. The lowest BCUT2D eigenvalue weighted by atomic mass is 9.99. The van der Waals surface area contributed by atoms with Gasteiger partial charge in [-0.05, 0) is 12.8 Å². The van der Waals surface area contributed by atoms with Crippen molar-refractivity contribution in [3.63, 3.8) is 0 Å². The SMILES string of the molecule is CO[C@H]1[C@H]2CC[C@@H]1C(=O)[C@@H]2Cl. The van der Waals surface area contributed by atoms with Crippen LogP contribution in [0, 0.1) is 11.8 Å². The lowest BCUT2D eigenvalue weighted by Crippen LogP contribution is -2.21. The van der Waals surface area contributed by atoms with E-state index in [4.69, 9.17) is 16.3 Å². The minimum absolute atomic E-state index is 0.104. The summed E-state index contributed by atoms with van der Waals surface area (Å²) in [5.41, 5.74) is 0. The van der Waals surface area contributed by atoms with E-state index in [-0.39, 0.29) is 23.2 Å². The van der Waals surface area contributed by atoms with Crippen LogP contribution < -0.4 is 0 Å². The third-order valence-electron chi connectivity index (χ3n) is 2.91. The molecule has 0 N–H and O–H groups in total. The molecule has 0 spiro atoms. The summed E-state index contributed by atoms with van der Waals surface area (Å²) in [5.74, 6) is 0.599. The molecule has 2 aliphatic carbocycles. The van der Waals surface area contributed by atoms with E-state index in [0.29, 0.717) is 5.92 Å². The van der Waals surface area contributed by atoms with E-state index in [2.05, 4.69) is 0 Å². The molecule has 0 aromatic rings. The number of carbonyl (C=O) groups is 1. The predicted molar refractivity (Wildman–Crippen MR) is 41.7 cm³/mol. The minimum Gasteiger partial charge on any atom is -0.380 e. The molecule has 2 bridgehead atoms. The first-order valence-corrected chi connectivity index (χ1v) is 4.40. The number of methoxy groups -OCH3 is 1. The Bertz CT molecular complexity index is 193. The number of ether oxygens (including phenoxy) is 1. The van der Waals surface area contributed by atoms with Crippen LogP contribution in [-0.4, -0.2) is 24.4 Å². The molecule has 4 atom stereocenters. The molecule has 0 aromatic carbocycles. The van der Waals surface area contributed by atoms with E-state index in [1.807, 2.05) is 0 Å². The van der Waals surface area contributed by atoms with E-state index >= 15 is 0 Å². The molecule has 0 unspecified atom stereocenters. The quantitative estimate of drug-likeness (QED) is 0.559.